The molecule has 1 aromatic rings. The van der Waals surface area contributed by atoms with E-state index in [1.807, 2.05) is 0 Å². The maximum Gasteiger partial charge on any atom is 0.417 e. The van der Waals surface area contributed by atoms with Crippen molar-refractivity contribution in [1.82, 2.24) is 9.73 Å². The van der Waals surface area contributed by atoms with E-state index in [0.29, 0.717) is 6.07 Å². The molecule has 22 heavy (non-hydrogen) atoms. The number of hydrazone groups is 1. The normalized spacial score (nSPS) is 18.5. The third-order valence-corrected chi connectivity index (χ3v) is 4.24. The molecule has 1 heterocycles. The Bertz CT molecular complexity index is 716. The molecule has 1 atom stereocenters. The van der Waals surface area contributed by atoms with Gasteiger partial charge in [0.2, 0.25) is 0 Å². The van der Waals surface area contributed by atoms with Crippen LogP contribution in [-0.4, -0.2) is 32.2 Å². The van der Waals surface area contributed by atoms with Crippen LogP contribution in [0.1, 0.15) is 12.5 Å². The molecule has 0 spiro atoms. The van der Waals surface area contributed by atoms with Gasteiger partial charge in [-0.1, -0.05) is 19.1 Å². The predicted molar refractivity (Wildman–Crippen MR) is 71.5 cm³/mol. The fraction of sp³-hybridized carbons (Fsp3) is 0.333. The van der Waals surface area contributed by atoms with E-state index in [4.69, 9.17) is 0 Å². The first-order chi connectivity index (χ1) is 10.1. The standard InChI is InChI=1S/C12H12F3N3O3S/c1-8-6-16-18(7-8)11(19)17-22(20,21)10-5-3-2-4-9(10)12(13,14)15/h2-6,8H,7H2,1H3,(H,17,19). The Morgan fingerprint density at radius 2 is 2.00 bits per heavy atom. The molecule has 0 fully saturated rings. The molecule has 120 valence electrons. The summed E-state index contributed by atoms with van der Waals surface area (Å²) in [5, 5.41) is 4.52. The first-order valence-electron chi connectivity index (χ1n) is 6.16. The Hall–Kier alpha value is -2.10. The summed E-state index contributed by atoms with van der Waals surface area (Å²) >= 11 is 0. The second-order valence-electron chi connectivity index (χ2n) is 4.73. The Morgan fingerprint density at radius 1 is 1.36 bits per heavy atom. The molecular formula is C12H12F3N3O3S. The molecule has 1 aliphatic rings. The van der Waals surface area contributed by atoms with E-state index >= 15 is 0 Å². The molecular weight excluding hydrogens is 323 g/mol. The van der Waals surface area contributed by atoms with Gasteiger partial charge in [0, 0.05) is 12.1 Å². The summed E-state index contributed by atoms with van der Waals surface area (Å²) < 4.78 is 64.2. The van der Waals surface area contributed by atoms with Gasteiger partial charge >= 0.3 is 12.2 Å². The Labute approximate surface area is 124 Å². The number of hydrogen-bond acceptors (Lipinski definition) is 4. The molecule has 0 radical (unpaired) electrons. The summed E-state index contributed by atoms with van der Waals surface area (Å²) in [5.41, 5.74) is -1.34. The summed E-state index contributed by atoms with van der Waals surface area (Å²) in [4.78, 5) is 10.8. The minimum atomic E-state index is -4.85. The SMILES string of the molecule is CC1C=NN(C(=O)NS(=O)(=O)c2ccccc2C(F)(F)F)C1. The van der Waals surface area contributed by atoms with E-state index < -0.39 is 32.7 Å². The molecule has 2 rings (SSSR count). The van der Waals surface area contributed by atoms with Gasteiger partial charge in [-0.3, -0.25) is 0 Å². The molecule has 1 unspecified atom stereocenters. The number of sulfonamides is 1. The summed E-state index contributed by atoms with van der Waals surface area (Å²) in [7, 11) is -4.66. The summed E-state index contributed by atoms with van der Waals surface area (Å²) in [6, 6.07) is 2.53. The highest BCUT2D eigenvalue weighted by molar-refractivity contribution is 7.90. The topological polar surface area (TPSA) is 78.8 Å². The number of urea groups is 1. The van der Waals surface area contributed by atoms with Crippen molar-refractivity contribution in [3.63, 3.8) is 0 Å². The number of carbonyl (C=O) groups excluding carboxylic acids is 1. The van der Waals surface area contributed by atoms with Crippen molar-refractivity contribution in [3.05, 3.63) is 29.8 Å². The van der Waals surface area contributed by atoms with Gasteiger partial charge in [0.05, 0.1) is 17.0 Å². The van der Waals surface area contributed by atoms with E-state index in [9.17, 15) is 26.4 Å². The summed E-state index contributed by atoms with van der Waals surface area (Å²) in [5.74, 6) is -0.0593. The van der Waals surface area contributed by atoms with E-state index in [0.717, 1.165) is 23.2 Å². The zero-order chi connectivity index (χ0) is 16.5. The zero-order valence-corrected chi connectivity index (χ0v) is 12.1. The van der Waals surface area contributed by atoms with Crippen molar-refractivity contribution >= 4 is 22.3 Å². The lowest BCUT2D eigenvalue weighted by atomic mass is 10.2. The Morgan fingerprint density at radius 3 is 2.55 bits per heavy atom. The van der Waals surface area contributed by atoms with Gasteiger partial charge in [0.1, 0.15) is 0 Å². The fourth-order valence-electron chi connectivity index (χ4n) is 1.85. The second-order valence-corrected chi connectivity index (χ2v) is 6.38. The number of amides is 2. The fourth-order valence-corrected chi connectivity index (χ4v) is 3.03. The monoisotopic (exact) mass is 335 g/mol. The van der Waals surface area contributed by atoms with Crippen LogP contribution < -0.4 is 4.72 Å². The van der Waals surface area contributed by atoms with Gasteiger partial charge < -0.3 is 0 Å². The number of nitrogens with zero attached hydrogens (tertiary/aromatic N) is 2. The molecule has 6 nitrogen and oxygen atoms in total. The molecule has 0 bridgehead atoms. The van der Waals surface area contributed by atoms with Crippen LogP contribution in [-0.2, 0) is 16.2 Å². The maximum absolute atomic E-state index is 12.9. The van der Waals surface area contributed by atoms with Crippen LogP contribution in [0.15, 0.2) is 34.3 Å². The van der Waals surface area contributed by atoms with E-state index in [-0.39, 0.29) is 12.5 Å². The smallest absolute Gasteiger partial charge is 0.246 e. The highest BCUT2D eigenvalue weighted by Gasteiger charge is 2.37. The quantitative estimate of drug-likeness (QED) is 0.898. The van der Waals surface area contributed by atoms with Crippen LogP contribution in [0.3, 0.4) is 0 Å². The average molecular weight is 335 g/mol. The minimum absolute atomic E-state index is 0.0593. The van der Waals surface area contributed by atoms with Gasteiger partial charge in [-0.2, -0.15) is 18.3 Å². The maximum atomic E-state index is 12.9. The molecule has 0 saturated carbocycles. The Kier molecular flexibility index (Phi) is 4.14. The van der Waals surface area contributed by atoms with E-state index in [2.05, 4.69) is 5.10 Å². The number of halogens is 3. The van der Waals surface area contributed by atoms with Gasteiger partial charge in [0.15, 0.2) is 0 Å². The van der Waals surface area contributed by atoms with Gasteiger partial charge in [-0.05, 0) is 12.1 Å². The van der Waals surface area contributed by atoms with Crippen LogP contribution >= 0.6 is 0 Å². The predicted octanol–water partition coefficient (Wildman–Crippen LogP) is 2.04. The van der Waals surface area contributed by atoms with E-state index in [1.165, 1.54) is 6.21 Å². The third-order valence-electron chi connectivity index (χ3n) is 2.86. The molecule has 1 N–H and O–H groups in total. The lowest BCUT2D eigenvalue weighted by molar-refractivity contribution is -0.139. The van der Waals surface area contributed by atoms with Crippen LogP contribution in [0.2, 0.25) is 0 Å². The molecule has 0 aromatic heterocycles. The van der Waals surface area contributed by atoms with Crippen LogP contribution in [0, 0.1) is 5.92 Å². The number of alkyl halides is 3. The molecule has 0 saturated heterocycles. The molecule has 0 aliphatic carbocycles. The first-order valence-corrected chi connectivity index (χ1v) is 7.64. The number of benzene rings is 1. The lowest BCUT2D eigenvalue weighted by Crippen LogP contribution is -2.40. The van der Waals surface area contributed by atoms with Crippen LogP contribution in [0.25, 0.3) is 0 Å². The Balaban J connectivity index is 2.29. The molecule has 10 heteroatoms. The van der Waals surface area contributed by atoms with Crippen LogP contribution in [0.4, 0.5) is 18.0 Å². The van der Waals surface area contributed by atoms with Crippen molar-refractivity contribution in [2.24, 2.45) is 11.0 Å². The second kappa shape index (κ2) is 5.59. The van der Waals surface area contributed by atoms with Crippen LogP contribution in [0.5, 0.6) is 0 Å². The summed E-state index contributed by atoms with van der Waals surface area (Å²) in [6.07, 6.45) is -3.41. The van der Waals surface area contributed by atoms with Crippen molar-refractivity contribution in [3.8, 4) is 0 Å². The highest BCUT2D eigenvalue weighted by Crippen LogP contribution is 2.33. The highest BCUT2D eigenvalue weighted by atomic mass is 32.2. The van der Waals surface area contributed by atoms with Crippen molar-refractivity contribution in [1.29, 1.82) is 0 Å². The van der Waals surface area contributed by atoms with Gasteiger partial charge in [-0.15, -0.1) is 0 Å². The average Bonchev–Trinajstić information content (AvgIpc) is 2.84. The van der Waals surface area contributed by atoms with Crippen molar-refractivity contribution < 1.29 is 26.4 Å². The van der Waals surface area contributed by atoms with Crippen molar-refractivity contribution in [2.75, 3.05) is 6.54 Å². The number of nitrogens with one attached hydrogen (secondary N) is 1. The number of carbonyl (C=O) groups is 1. The van der Waals surface area contributed by atoms with Crippen molar-refractivity contribution in [2.45, 2.75) is 18.0 Å². The van der Waals surface area contributed by atoms with E-state index in [1.54, 1.807) is 11.6 Å². The third kappa shape index (κ3) is 3.38. The lowest BCUT2D eigenvalue weighted by Gasteiger charge is -2.16. The zero-order valence-electron chi connectivity index (χ0n) is 11.3. The largest absolute Gasteiger partial charge is 0.417 e. The molecule has 2 amide bonds. The molecule has 1 aliphatic heterocycles. The number of rotatable bonds is 2. The summed E-state index contributed by atoms with van der Waals surface area (Å²) in [6.45, 7) is 1.91. The first kappa shape index (κ1) is 16.3. The molecule has 1 aromatic carbocycles. The van der Waals surface area contributed by atoms with Gasteiger partial charge in [-0.25, -0.2) is 22.9 Å². The minimum Gasteiger partial charge on any atom is -0.246 e. The number of hydrogen-bond donors (Lipinski definition) is 1. The van der Waals surface area contributed by atoms with Gasteiger partial charge in [0.25, 0.3) is 10.0 Å².